The van der Waals surface area contributed by atoms with E-state index in [0.717, 1.165) is 31.6 Å². The lowest BCUT2D eigenvalue weighted by molar-refractivity contribution is 0.177. The summed E-state index contributed by atoms with van der Waals surface area (Å²) in [5, 5.41) is 13.1. The lowest BCUT2D eigenvalue weighted by Crippen LogP contribution is -2.25. The molecule has 3 nitrogen and oxygen atoms in total. The van der Waals surface area contributed by atoms with Gasteiger partial charge in [-0.3, -0.25) is 0 Å². The van der Waals surface area contributed by atoms with Crippen LogP contribution in [0, 0.1) is 5.92 Å². The number of nitrogens with one attached hydrogen (secondary N) is 1. The molecular weight excluding hydrogens is 226 g/mol. The lowest BCUT2D eigenvalue weighted by Gasteiger charge is -2.18. The molecule has 1 aromatic carbocycles. The Morgan fingerprint density at radius 3 is 2.94 bits per heavy atom. The van der Waals surface area contributed by atoms with Crippen molar-refractivity contribution in [1.29, 1.82) is 0 Å². The molecule has 1 aliphatic rings. The molecule has 0 radical (unpaired) electrons. The van der Waals surface area contributed by atoms with Crippen molar-refractivity contribution in [2.24, 2.45) is 5.92 Å². The highest BCUT2D eigenvalue weighted by atomic mass is 16.5. The van der Waals surface area contributed by atoms with E-state index in [1.165, 1.54) is 5.56 Å². The largest absolute Gasteiger partial charge is 0.497 e. The minimum absolute atomic E-state index is 0.0797. The van der Waals surface area contributed by atoms with E-state index in [1.807, 2.05) is 12.1 Å². The highest BCUT2D eigenvalue weighted by Crippen LogP contribution is 2.26. The van der Waals surface area contributed by atoms with Crippen LogP contribution in [0.25, 0.3) is 0 Å². The molecule has 100 valence electrons. The van der Waals surface area contributed by atoms with Crippen molar-refractivity contribution in [1.82, 2.24) is 5.32 Å². The highest BCUT2D eigenvalue weighted by Gasteiger charge is 2.22. The molecule has 0 saturated heterocycles. The molecule has 3 atom stereocenters. The summed E-state index contributed by atoms with van der Waals surface area (Å²) >= 11 is 0. The fraction of sp³-hybridized carbons (Fsp3) is 0.600. The van der Waals surface area contributed by atoms with Gasteiger partial charge in [0.05, 0.1) is 13.2 Å². The molecular formula is C15H23NO2. The van der Waals surface area contributed by atoms with Gasteiger partial charge in [-0.1, -0.05) is 12.1 Å². The van der Waals surface area contributed by atoms with E-state index in [9.17, 15) is 5.11 Å². The maximum atomic E-state index is 9.51. The van der Waals surface area contributed by atoms with Crippen molar-refractivity contribution in [3.8, 4) is 5.75 Å². The fourth-order valence-corrected chi connectivity index (χ4v) is 2.61. The Hall–Kier alpha value is -1.06. The number of aliphatic hydroxyl groups excluding tert-OH is 1. The van der Waals surface area contributed by atoms with Gasteiger partial charge in [-0.05, 0) is 56.3 Å². The Balaban J connectivity index is 1.85. The molecule has 2 N–H and O–H groups in total. The van der Waals surface area contributed by atoms with E-state index in [0.29, 0.717) is 12.0 Å². The van der Waals surface area contributed by atoms with Gasteiger partial charge >= 0.3 is 0 Å². The Morgan fingerprint density at radius 1 is 1.44 bits per heavy atom. The molecule has 0 amide bonds. The van der Waals surface area contributed by atoms with Crippen LogP contribution in [-0.4, -0.2) is 24.9 Å². The minimum Gasteiger partial charge on any atom is -0.497 e. The maximum Gasteiger partial charge on any atom is 0.119 e. The summed E-state index contributed by atoms with van der Waals surface area (Å²) in [5.41, 5.74) is 1.24. The predicted octanol–water partition coefficient (Wildman–Crippen LogP) is 2.51. The summed E-state index contributed by atoms with van der Waals surface area (Å²) in [6, 6.07) is 8.48. The second-order valence-corrected chi connectivity index (χ2v) is 5.24. The number of benzene rings is 1. The molecule has 1 aliphatic carbocycles. The molecule has 0 aliphatic heterocycles. The zero-order chi connectivity index (χ0) is 13.0. The van der Waals surface area contributed by atoms with E-state index < -0.39 is 0 Å². The SMILES string of the molecule is COc1cccc(C(C)NCC2CCC(O)C2)c1. The maximum absolute atomic E-state index is 9.51. The fourth-order valence-electron chi connectivity index (χ4n) is 2.61. The van der Waals surface area contributed by atoms with Gasteiger partial charge in [-0.15, -0.1) is 0 Å². The summed E-state index contributed by atoms with van der Waals surface area (Å²) < 4.78 is 5.24. The third-order valence-corrected chi connectivity index (χ3v) is 3.82. The molecule has 1 aromatic rings. The number of ether oxygens (including phenoxy) is 1. The van der Waals surface area contributed by atoms with Crippen molar-refractivity contribution in [2.45, 2.75) is 38.3 Å². The van der Waals surface area contributed by atoms with Gasteiger partial charge in [0.15, 0.2) is 0 Å². The first kappa shape index (κ1) is 13.4. The van der Waals surface area contributed by atoms with Gasteiger partial charge in [-0.2, -0.15) is 0 Å². The molecule has 3 heteroatoms. The molecule has 0 spiro atoms. The first-order chi connectivity index (χ1) is 8.69. The van der Waals surface area contributed by atoms with Gasteiger partial charge in [0, 0.05) is 6.04 Å². The zero-order valence-electron chi connectivity index (χ0n) is 11.2. The molecule has 0 aromatic heterocycles. The van der Waals surface area contributed by atoms with Crippen molar-refractivity contribution in [3.05, 3.63) is 29.8 Å². The summed E-state index contributed by atoms with van der Waals surface area (Å²) in [6.45, 7) is 3.15. The van der Waals surface area contributed by atoms with Crippen LogP contribution in [0.15, 0.2) is 24.3 Å². The Kier molecular flexibility index (Phi) is 4.61. The number of aliphatic hydroxyl groups is 1. The second-order valence-electron chi connectivity index (χ2n) is 5.24. The Morgan fingerprint density at radius 2 is 2.28 bits per heavy atom. The zero-order valence-corrected chi connectivity index (χ0v) is 11.2. The van der Waals surface area contributed by atoms with Gasteiger partial charge in [0.2, 0.25) is 0 Å². The topological polar surface area (TPSA) is 41.5 Å². The standard InChI is InChI=1S/C15H23NO2/c1-11(13-4-3-5-15(9-13)18-2)16-10-12-6-7-14(17)8-12/h3-5,9,11-12,14,16-17H,6-8,10H2,1-2H3. The predicted molar refractivity (Wildman–Crippen MR) is 72.8 cm³/mol. The summed E-state index contributed by atoms with van der Waals surface area (Å²) in [5.74, 6) is 1.52. The summed E-state index contributed by atoms with van der Waals surface area (Å²) in [4.78, 5) is 0. The van der Waals surface area contributed by atoms with Crippen LogP contribution < -0.4 is 10.1 Å². The lowest BCUT2D eigenvalue weighted by atomic mass is 10.1. The van der Waals surface area contributed by atoms with Gasteiger partial charge in [-0.25, -0.2) is 0 Å². The normalized spacial score (nSPS) is 25.1. The summed E-state index contributed by atoms with van der Waals surface area (Å²) in [7, 11) is 1.69. The molecule has 18 heavy (non-hydrogen) atoms. The number of hydrogen-bond acceptors (Lipinski definition) is 3. The molecule has 1 saturated carbocycles. The molecule has 0 heterocycles. The van der Waals surface area contributed by atoms with Crippen LogP contribution in [-0.2, 0) is 0 Å². The quantitative estimate of drug-likeness (QED) is 0.842. The average molecular weight is 249 g/mol. The van der Waals surface area contributed by atoms with Crippen LogP contribution in [0.3, 0.4) is 0 Å². The van der Waals surface area contributed by atoms with Crippen LogP contribution in [0.1, 0.15) is 37.8 Å². The molecule has 1 fully saturated rings. The first-order valence-electron chi connectivity index (χ1n) is 6.74. The number of hydrogen-bond donors (Lipinski definition) is 2. The van der Waals surface area contributed by atoms with Gasteiger partial charge < -0.3 is 15.2 Å². The first-order valence-corrected chi connectivity index (χ1v) is 6.74. The third kappa shape index (κ3) is 3.47. The highest BCUT2D eigenvalue weighted by molar-refractivity contribution is 5.30. The van der Waals surface area contributed by atoms with Crippen LogP contribution in [0.5, 0.6) is 5.75 Å². The number of rotatable bonds is 5. The Bertz CT molecular complexity index is 381. The average Bonchev–Trinajstić information content (AvgIpc) is 2.82. The number of methoxy groups -OCH3 is 1. The van der Waals surface area contributed by atoms with Crippen molar-refractivity contribution < 1.29 is 9.84 Å². The molecule has 0 bridgehead atoms. The van der Waals surface area contributed by atoms with E-state index in [-0.39, 0.29) is 6.10 Å². The van der Waals surface area contributed by atoms with Gasteiger partial charge in [0.25, 0.3) is 0 Å². The van der Waals surface area contributed by atoms with Crippen molar-refractivity contribution >= 4 is 0 Å². The Labute approximate surface area is 109 Å². The van der Waals surface area contributed by atoms with E-state index in [4.69, 9.17) is 4.74 Å². The summed E-state index contributed by atoms with van der Waals surface area (Å²) in [6.07, 6.45) is 2.96. The molecule has 3 unspecified atom stereocenters. The third-order valence-electron chi connectivity index (χ3n) is 3.82. The van der Waals surface area contributed by atoms with Crippen LogP contribution >= 0.6 is 0 Å². The van der Waals surface area contributed by atoms with Crippen LogP contribution in [0.2, 0.25) is 0 Å². The monoisotopic (exact) mass is 249 g/mol. The van der Waals surface area contributed by atoms with Crippen molar-refractivity contribution in [2.75, 3.05) is 13.7 Å². The van der Waals surface area contributed by atoms with Crippen LogP contribution in [0.4, 0.5) is 0 Å². The van der Waals surface area contributed by atoms with E-state index in [1.54, 1.807) is 7.11 Å². The van der Waals surface area contributed by atoms with Crippen molar-refractivity contribution in [3.63, 3.8) is 0 Å². The smallest absolute Gasteiger partial charge is 0.119 e. The van der Waals surface area contributed by atoms with E-state index >= 15 is 0 Å². The van der Waals surface area contributed by atoms with E-state index in [2.05, 4.69) is 24.4 Å². The minimum atomic E-state index is -0.0797. The second kappa shape index (κ2) is 6.21. The molecule has 2 rings (SSSR count). The van der Waals surface area contributed by atoms with Gasteiger partial charge in [0.1, 0.15) is 5.75 Å².